The molecular weight excluding hydrogens is 522 g/mol. The third-order valence-electron chi connectivity index (χ3n) is 9.74. The first-order chi connectivity index (χ1) is 19.6. The lowest BCUT2D eigenvalue weighted by Gasteiger charge is -2.43. The lowest BCUT2D eigenvalue weighted by Crippen LogP contribution is -2.56. The number of aliphatic hydroxyl groups is 1. The molecule has 4 aliphatic heterocycles. The van der Waals surface area contributed by atoms with E-state index in [1.165, 1.54) is 4.90 Å². The molecule has 6 rings (SSSR count). The number of methoxy groups -OCH3 is 1. The average molecular weight is 562 g/mol. The predicted molar refractivity (Wildman–Crippen MR) is 152 cm³/mol. The van der Waals surface area contributed by atoms with Crippen molar-refractivity contribution in [2.24, 2.45) is 0 Å². The van der Waals surface area contributed by atoms with E-state index in [9.17, 15) is 24.6 Å². The number of hydrogen-bond donors (Lipinski definition) is 2. The minimum absolute atomic E-state index is 0.0160. The molecule has 0 unspecified atom stereocenters. The summed E-state index contributed by atoms with van der Waals surface area (Å²) in [5, 5.41) is 21.2. The number of benzene rings is 2. The van der Waals surface area contributed by atoms with Crippen LogP contribution >= 0.6 is 0 Å². The van der Waals surface area contributed by atoms with Crippen molar-refractivity contribution in [3.05, 3.63) is 70.3 Å². The van der Waals surface area contributed by atoms with Gasteiger partial charge in [0.15, 0.2) is 0 Å². The number of amides is 3. The predicted octanol–water partition coefficient (Wildman–Crippen LogP) is 3.67. The summed E-state index contributed by atoms with van der Waals surface area (Å²) >= 11 is 0. The van der Waals surface area contributed by atoms with Gasteiger partial charge in [0, 0.05) is 55.4 Å². The van der Waals surface area contributed by atoms with E-state index in [4.69, 9.17) is 4.74 Å². The Morgan fingerprint density at radius 1 is 1.07 bits per heavy atom. The highest BCUT2D eigenvalue weighted by molar-refractivity contribution is 6.00. The summed E-state index contributed by atoms with van der Waals surface area (Å²) in [6.45, 7) is 4.67. The van der Waals surface area contributed by atoms with Crippen LogP contribution in [-0.4, -0.2) is 93.4 Å². The van der Waals surface area contributed by atoms with Crippen molar-refractivity contribution < 1.29 is 29.3 Å². The van der Waals surface area contributed by atoms with Gasteiger partial charge >= 0.3 is 6.09 Å². The molecule has 2 aromatic rings. The van der Waals surface area contributed by atoms with E-state index >= 15 is 0 Å². The van der Waals surface area contributed by atoms with E-state index in [2.05, 4.69) is 0 Å². The second-order valence-electron chi connectivity index (χ2n) is 12.8. The first-order valence-electron chi connectivity index (χ1n) is 14.6. The van der Waals surface area contributed by atoms with Crippen LogP contribution < -0.4 is 0 Å². The maximum Gasteiger partial charge on any atom is 0.407 e. The van der Waals surface area contributed by atoms with Crippen LogP contribution in [0, 0.1) is 0 Å². The molecule has 0 saturated carbocycles. The summed E-state index contributed by atoms with van der Waals surface area (Å²) in [6, 6.07) is 12.8. The number of carbonyl (C=O) groups is 3. The lowest BCUT2D eigenvalue weighted by molar-refractivity contribution is 0.00808. The van der Waals surface area contributed by atoms with Gasteiger partial charge in [-0.15, -0.1) is 0 Å². The topological polar surface area (TPSA) is 111 Å². The van der Waals surface area contributed by atoms with Gasteiger partial charge in [-0.1, -0.05) is 38.1 Å². The van der Waals surface area contributed by atoms with E-state index in [1.807, 2.05) is 49.1 Å². The first-order valence-corrected chi connectivity index (χ1v) is 14.6. The van der Waals surface area contributed by atoms with E-state index < -0.39 is 23.7 Å². The Bertz CT molecular complexity index is 1360. The highest BCUT2D eigenvalue weighted by Crippen LogP contribution is 2.39. The largest absolute Gasteiger partial charge is 0.465 e. The lowest BCUT2D eigenvalue weighted by atomic mass is 9.77. The van der Waals surface area contributed by atoms with Crippen LogP contribution in [0.4, 0.5) is 4.79 Å². The van der Waals surface area contributed by atoms with Crippen LogP contribution in [0.15, 0.2) is 42.5 Å². The molecule has 218 valence electrons. The molecule has 4 heterocycles. The molecular formula is C32H39N3O6. The van der Waals surface area contributed by atoms with E-state index in [0.29, 0.717) is 24.1 Å². The number of carbonyl (C=O) groups excluding carboxylic acids is 2. The number of hydrogen-bond acceptors (Lipinski definition) is 5. The number of rotatable bonds is 5. The van der Waals surface area contributed by atoms with Crippen LogP contribution in [-0.2, 0) is 23.1 Å². The van der Waals surface area contributed by atoms with Gasteiger partial charge in [-0.3, -0.25) is 14.5 Å². The van der Waals surface area contributed by atoms with Crippen molar-refractivity contribution in [2.75, 3.05) is 20.2 Å². The molecule has 0 radical (unpaired) electrons. The Labute approximate surface area is 240 Å². The number of aliphatic hydroxyl groups excluding tert-OH is 1. The van der Waals surface area contributed by atoms with Gasteiger partial charge in [-0.25, -0.2) is 4.79 Å². The number of nitrogens with zero attached hydrogens (tertiary/aromatic N) is 3. The van der Waals surface area contributed by atoms with Crippen LogP contribution in [0.3, 0.4) is 0 Å². The fraction of sp³-hybridized carbons (Fsp3) is 0.531. The van der Waals surface area contributed by atoms with Crippen molar-refractivity contribution in [1.29, 1.82) is 0 Å². The molecule has 9 nitrogen and oxygen atoms in total. The SMILES string of the molecule is CO[C@@H]1C[C@H]2CC[C@@H](C1)N2C(=O)c1ccc2c(c1)C(C)(C)CN(C[C@@H](O)[C@@H]1Cc3ccccc3CN1C(=O)O)C2=O. The highest BCUT2D eigenvalue weighted by Gasteiger charge is 2.45. The number of ether oxygens (including phenoxy) is 1. The smallest absolute Gasteiger partial charge is 0.407 e. The molecule has 2 saturated heterocycles. The fourth-order valence-electron chi connectivity index (χ4n) is 7.62. The highest BCUT2D eigenvalue weighted by atomic mass is 16.5. The Morgan fingerprint density at radius 3 is 2.41 bits per heavy atom. The molecule has 3 amide bonds. The van der Waals surface area contributed by atoms with Crippen molar-refractivity contribution in [3.63, 3.8) is 0 Å². The van der Waals surface area contributed by atoms with Crippen LogP contribution in [0.2, 0.25) is 0 Å². The monoisotopic (exact) mass is 561 g/mol. The van der Waals surface area contributed by atoms with Gasteiger partial charge in [0.1, 0.15) is 0 Å². The normalized spacial score (nSPS) is 27.3. The Balaban J connectivity index is 1.21. The van der Waals surface area contributed by atoms with Gasteiger partial charge in [0.25, 0.3) is 11.8 Å². The van der Waals surface area contributed by atoms with Crippen LogP contribution in [0.5, 0.6) is 0 Å². The van der Waals surface area contributed by atoms with Gasteiger partial charge in [-0.2, -0.15) is 0 Å². The minimum atomic E-state index is -1.09. The Kier molecular flexibility index (Phi) is 7.06. The maximum absolute atomic E-state index is 13.7. The molecule has 0 spiro atoms. The standard InChI is InChI=1S/C32H39N3O6/c1-32(2)18-33(17-28(36)27-13-19-6-4-5-7-21(19)16-34(27)31(39)40)30(38)25-11-8-20(12-26(25)32)29(37)35-22-9-10-23(35)15-24(14-22)41-3/h4-8,11-12,22-24,27-28,36H,9-10,13-18H2,1-3H3,(H,39,40)/t22-,23+,24-,27-,28+/m0/s1. The quantitative estimate of drug-likeness (QED) is 0.577. The molecule has 2 aromatic carbocycles. The van der Waals surface area contributed by atoms with E-state index in [1.54, 1.807) is 24.1 Å². The number of fused-ring (bicyclic) bond motifs is 4. The van der Waals surface area contributed by atoms with Crippen molar-refractivity contribution in [2.45, 2.75) is 88.2 Å². The molecule has 0 aromatic heterocycles. The molecule has 9 heteroatoms. The Morgan fingerprint density at radius 2 is 1.76 bits per heavy atom. The zero-order valence-electron chi connectivity index (χ0n) is 24.0. The molecule has 2 bridgehead atoms. The van der Waals surface area contributed by atoms with E-state index in [-0.39, 0.29) is 43.1 Å². The van der Waals surface area contributed by atoms with E-state index in [0.717, 1.165) is 42.4 Å². The third-order valence-corrected chi connectivity index (χ3v) is 9.74. The van der Waals surface area contributed by atoms with Crippen molar-refractivity contribution in [3.8, 4) is 0 Å². The number of piperidine rings is 1. The molecule has 2 fully saturated rings. The summed E-state index contributed by atoms with van der Waals surface area (Å²) < 4.78 is 5.60. The van der Waals surface area contributed by atoms with Crippen LogP contribution in [0.1, 0.15) is 76.9 Å². The zero-order valence-corrected chi connectivity index (χ0v) is 24.0. The molecule has 5 atom stereocenters. The van der Waals surface area contributed by atoms with Gasteiger partial charge in [0.2, 0.25) is 0 Å². The first kappa shape index (κ1) is 27.7. The van der Waals surface area contributed by atoms with Gasteiger partial charge in [-0.05, 0) is 67.0 Å². The van der Waals surface area contributed by atoms with Crippen LogP contribution in [0.25, 0.3) is 0 Å². The summed E-state index contributed by atoms with van der Waals surface area (Å²) in [5.41, 5.74) is 3.44. The number of β-amino-alcohol motifs (C(OH)–C–C–N with tert-alkyl or cyclic N) is 1. The van der Waals surface area contributed by atoms with Crippen molar-refractivity contribution >= 4 is 17.9 Å². The minimum Gasteiger partial charge on any atom is -0.465 e. The average Bonchev–Trinajstić information content (AvgIpc) is 3.22. The third kappa shape index (κ3) is 4.89. The summed E-state index contributed by atoms with van der Waals surface area (Å²) in [6.07, 6.45) is 2.16. The molecule has 41 heavy (non-hydrogen) atoms. The second-order valence-corrected chi connectivity index (χ2v) is 12.8. The summed E-state index contributed by atoms with van der Waals surface area (Å²) in [4.78, 5) is 44.4. The molecule has 2 N–H and O–H groups in total. The fourth-order valence-corrected chi connectivity index (χ4v) is 7.62. The number of carboxylic acid groups (broad SMARTS) is 1. The van der Waals surface area contributed by atoms with Crippen molar-refractivity contribution in [1.82, 2.24) is 14.7 Å². The van der Waals surface area contributed by atoms with Gasteiger partial charge < -0.3 is 24.7 Å². The zero-order chi connectivity index (χ0) is 29.1. The van der Waals surface area contributed by atoms with Gasteiger partial charge in [0.05, 0.1) is 18.2 Å². The molecule has 4 aliphatic rings. The second kappa shape index (κ2) is 10.4. The molecule has 0 aliphatic carbocycles. The Hall–Kier alpha value is -3.43. The maximum atomic E-state index is 13.7. The summed E-state index contributed by atoms with van der Waals surface area (Å²) in [5.74, 6) is -0.196. The summed E-state index contributed by atoms with van der Waals surface area (Å²) in [7, 11) is 1.74.